The molecule has 0 radical (unpaired) electrons. The number of benzene rings is 1. The molecule has 0 saturated heterocycles. The molecule has 0 unspecified atom stereocenters. The Morgan fingerprint density at radius 3 is 2.67 bits per heavy atom. The van der Waals surface area contributed by atoms with Gasteiger partial charge in [0.05, 0.1) is 5.60 Å². The molecule has 2 aliphatic rings. The van der Waals surface area contributed by atoms with Crippen LogP contribution in [0.25, 0.3) is 0 Å². The smallest absolute Gasteiger partial charge is 0.197 e. The van der Waals surface area contributed by atoms with Crippen molar-refractivity contribution in [2.24, 2.45) is 0 Å². The number of halogens is 1. The van der Waals surface area contributed by atoms with Gasteiger partial charge in [-0.1, -0.05) is 0 Å². The lowest BCUT2D eigenvalue weighted by atomic mass is 10.1. The van der Waals surface area contributed by atoms with Crippen LogP contribution in [-0.4, -0.2) is 18.3 Å². The van der Waals surface area contributed by atoms with E-state index in [0.717, 1.165) is 0 Å². The Morgan fingerprint density at radius 2 is 1.93 bits per heavy atom. The van der Waals surface area contributed by atoms with Crippen LogP contribution in [0, 0.1) is 5.82 Å². The van der Waals surface area contributed by atoms with Crippen LogP contribution in [0.4, 0.5) is 4.39 Å². The molecule has 0 bridgehead atoms. The average molecular weight is 210 g/mol. The topological polar surface area (TPSA) is 38.7 Å². The summed E-state index contributed by atoms with van der Waals surface area (Å²) in [5.74, 6) is 0.105. The van der Waals surface area contributed by atoms with Crippen molar-refractivity contribution in [1.29, 1.82) is 0 Å². The average Bonchev–Trinajstić information content (AvgIpc) is 2.98. The number of rotatable bonds is 1. The Morgan fingerprint density at radius 1 is 1.20 bits per heavy atom. The molecule has 1 N–H and O–H groups in total. The minimum absolute atomic E-state index is 0.161. The van der Waals surface area contributed by atoms with Crippen LogP contribution in [0.15, 0.2) is 12.1 Å². The molecule has 1 fully saturated rings. The quantitative estimate of drug-likeness (QED) is 0.764. The Labute approximate surface area is 86.4 Å². The summed E-state index contributed by atoms with van der Waals surface area (Å²) in [6.45, 7) is 0.794. The van der Waals surface area contributed by atoms with Crippen LogP contribution in [0.2, 0.25) is 0 Å². The SMILES string of the molecule is OC1(c2cc(F)c3c(c2)OCCO3)CC1. The monoisotopic (exact) mass is 210 g/mol. The highest BCUT2D eigenvalue weighted by molar-refractivity contribution is 5.47. The standard InChI is InChI=1S/C11H11FO3/c12-8-5-7(11(13)1-2-11)6-9-10(8)15-4-3-14-9/h5-6,13H,1-4H2. The highest BCUT2D eigenvalue weighted by Crippen LogP contribution is 2.48. The van der Waals surface area contributed by atoms with E-state index in [2.05, 4.69) is 0 Å². The first-order valence-corrected chi connectivity index (χ1v) is 5.01. The minimum Gasteiger partial charge on any atom is -0.486 e. The van der Waals surface area contributed by atoms with Gasteiger partial charge in [0, 0.05) is 0 Å². The third-order valence-corrected chi connectivity index (χ3v) is 2.86. The van der Waals surface area contributed by atoms with E-state index in [0.29, 0.717) is 37.4 Å². The van der Waals surface area contributed by atoms with Crippen molar-refractivity contribution in [3.05, 3.63) is 23.5 Å². The van der Waals surface area contributed by atoms with E-state index in [1.54, 1.807) is 6.07 Å². The molecule has 0 spiro atoms. The highest BCUT2D eigenvalue weighted by Gasteiger charge is 2.43. The van der Waals surface area contributed by atoms with Crippen molar-refractivity contribution in [3.8, 4) is 11.5 Å². The number of fused-ring (bicyclic) bond motifs is 1. The van der Waals surface area contributed by atoms with E-state index >= 15 is 0 Å². The zero-order chi connectivity index (χ0) is 10.5. The van der Waals surface area contributed by atoms with Gasteiger partial charge in [-0.3, -0.25) is 0 Å². The second-order valence-electron chi connectivity index (χ2n) is 4.01. The molecule has 1 aromatic rings. The molecule has 80 valence electrons. The predicted octanol–water partition coefficient (Wildman–Crippen LogP) is 1.58. The fourth-order valence-electron chi connectivity index (χ4n) is 1.79. The Balaban J connectivity index is 2.08. The summed E-state index contributed by atoms with van der Waals surface area (Å²) in [6, 6.07) is 3.01. The summed E-state index contributed by atoms with van der Waals surface area (Å²) in [5, 5.41) is 9.86. The van der Waals surface area contributed by atoms with Crippen LogP contribution in [0.5, 0.6) is 11.5 Å². The Hall–Kier alpha value is -1.29. The Bertz CT molecular complexity index is 413. The molecule has 1 aliphatic heterocycles. The maximum atomic E-state index is 13.6. The van der Waals surface area contributed by atoms with Crippen molar-refractivity contribution in [1.82, 2.24) is 0 Å². The largest absolute Gasteiger partial charge is 0.486 e. The van der Waals surface area contributed by atoms with Crippen LogP contribution in [0.3, 0.4) is 0 Å². The first kappa shape index (κ1) is 8.97. The molecule has 0 amide bonds. The van der Waals surface area contributed by atoms with Gasteiger partial charge < -0.3 is 14.6 Å². The summed E-state index contributed by atoms with van der Waals surface area (Å²) >= 11 is 0. The molecule has 4 heteroatoms. The van der Waals surface area contributed by atoms with E-state index in [-0.39, 0.29) is 5.75 Å². The van der Waals surface area contributed by atoms with Crippen LogP contribution in [0.1, 0.15) is 18.4 Å². The van der Waals surface area contributed by atoms with Crippen LogP contribution >= 0.6 is 0 Å². The minimum atomic E-state index is -0.837. The summed E-state index contributed by atoms with van der Waals surface area (Å²) in [5.41, 5.74) is -0.249. The first-order chi connectivity index (χ1) is 7.19. The molecule has 0 atom stereocenters. The van der Waals surface area contributed by atoms with Gasteiger partial charge in [0.2, 0.25) is 0 Å². The van der Waals surface area contributed by atoms with E-state index < -0.39 is 11.4 Å². The Kier molecular flexibility index (Phi) is 1.71. The van der Waals surface area contributed by atoms with E-state index in [1.807, 2.05) is 0 Å². The molecule has 1 saturated carbocycles. The van der Waals surface area contributed by atoms with Crippen molar-refractivity contribution in [3.63, 3.8) is 0 Å². The molecule has 3 rings (SSSR count). The number of ether oxygens (including phenoxy) is 2. The molecular formula is C11H11FO3. The first-order valence-electron chi connectivity index (χ1n) is 5.01. The van der Waals surface area contributed by atoms with E-state index in [4.69, 9.17) is 9.47 Å². The summed E-state index contributed by atoms with van der Waals surface area (Å²) in [6.07, 6.45) is 1.37. The van der Waals surface area contributed by atoms with Gasteiger partial charge in [0.1, 0.15) is 13.2 Å². The maximum Gasteiger partial charge on any atom is 0.197 e. The third kappa shape index (κ3) is 1.36. The van der Waals surface area contributed by atoms with Crippen molar-refractivity contribution in [2.45, 2.75) is 18.4 Å². The molecule has 1 aromatic carbocycles. The van der Waals surface area contributed by atoms with E-state index in [1.165, 1.54) is 6.07 Å². The molecule has 0 aromatic heterocycles. The lowest BCUT2D eigenvalue weighted by molar-refractivity contribution is 0.144. The van der Waals surface area contributed by atoms with Gasteiger partial charge in [-0.15, -0.1) is 0 Å². The zero-order valence-corrected chi connectivity index (χ0v) is 8.12. The van der Waals surface area contributed by atoms with Gasteiger partial charge in [-0.05, 0) is 30.5 Å². The van der Waals surface area contributed by atoms with Crippen LogP contribution < -0.4 is 9.47 Å². The summed E-state index contributed by atoms with van der Waals surface area (Å²) in [7, 11) is 0. The van der Waals surface area contributed by atoms with Gasteiger partial charge in [0.25, 0.3) is 0 Å². The third-order valence-electron chi connectivity index (χ3n) is 2.86. The van der Waals surface area contributed by atoms with Crippen molar-refractivity contribution < 1.29 is 19.0 Å². The second kappa shape index (κ2) is 2.85. The zero-order valence-electron chi connectivity index (χ0n) is 8.12. The molecule has 1 aliphatic carbocycles. The van der Waals surface area contributed by atoms with Gasteiger partial charge in [-0.2, -0.15) is 0 Å². The molecule has 15 heavy (non-hydrogen) atoms. The number of hydrogen-bond donors (Lipinski definition) is 1. The fraction of sp³-hybridized carbons (Fsp3) is 0.455. The summed E-state index contributed by atoms with van der Waals surface area (Å²) in [4.78, 5) is 0. The summed E-state index contributed by atoms with van der Waals surface area (Å²) < 4.78 is 24.0. The lowest BCUT2D eigenvalue weighted by Gasteiger charge is -2.20. The fourth-order valence-corrected chi connectivity index (χ4v) is 1.79. The van der Waals surface area contributed by atoms with Gasteiger partial charge >= 0.3 is 0 Å². The van der Waals surface area contributed by atoms with Crippen LogP contribution in [-0.2, 0) is 5.60 Å². The van der Waals surface area contributed by atoms with Gasteiger partial charge in [0.15, 0.2) is 17.3 Å². The second-order valence-corrected chi connectivity index (χ2v) is 4.01. The normalized spacial score (nSPS) is 21.2. The molecule has 3 nitrogen and oxygen atoms in total. The maximum absolute atomic E-state index is 13.6. The van der Waals surface area contributed by atoms with Crippen molar-refractivity contribution in [2.75, 3.05) is 13.2 Å². The lowest BCUT2D eigenvalue weighted by Crippen LogP contribution is -2.17. The molecular weight excluding hydrogens is 199 g/mol. The van der Waals surface area contributed by atoms with E-state index in [9.17, 15) is 9.50 Å². The number of hydrogen-bond acceptors (Lipinski definition) is 3. The number of aliphatic hydroxyl groups is 1. The van der Waals surface area contributed by atoms with Gasteiger partial charge in [-0.25, -0.2) is 4.39 Å². The predicted molar refractivity (Wildman–Crippen MR) is 50.5 cm³/mol. The highest BCUT2D eigenvalue weighted by atomic mass is 19.1. The molecule has 1 heterocycles. The van der Waals surface area contributed by atoms with Crippen molar-refractivity contribution >= 4 is 0 Å².